The number of hydrogen-bond donors (Lipinski definition) is 3. The van der Waals surface area contributed by atoms with Crippen LogP contribution >= 0.6 is 0 Å². The van der Waals surface area contributed by atoms with Gasteiger partial charge in [0.25, 0.3) is 0 Å². The summed E-state index contributed by atoms with van der Waals surface area (Å²) in [5.74, 6) is -0.364. The zero-order chi connectivity index (χ0) is 25.7. The fourth-order valence-electron chi connectivity index (χ4n) is 5.01. The van der Waals surface area contributed by atoms with Gasteiger partial charge in [-0.15, -0.1) is 0 Å². The van der Waals surface area contributed by atoms with Crippen LogP contribution in [0.5, 0.6) is 0 Å². The third-order valence-corrected chi connectivity index (χ3v) is 7.35. The fourth-order valence-corrected chi connectivity index (χ4v) is 5.01. The molecule has 0 saturated carbocycles. The molecule has 1 atom stereocenters. The van der Waals surface area contributed by atoms with Gasteiger partial charge in [-0.25, -0.2) is 4.39 Å². The van der Waals surface area contributed by atoms with Crippen molar-refractivity contribution in [2.75, 3.05) is 39.8 Å². The topological polar surface area (TPSA) is 87.8 Å². The summed E-state index contributed by atoms with van der Waals surface area (Å²) in [6.07, 6.45) is 8.77. The van der Waals surface area contributed by atoms with Crippen LogP contribution in [-0.2, 0) is 15.1 Å². The zero-order valence-electron chi connectivity index (χ0n) is 20.8. The number of Topliss-reactive ketones (excluding diaryl/α,β-unsaturated/α-hetero) is 1. The van der Waals surface area contributed by atoms with Crippen LogP contribution in [0.25, 0.3) is 0 Å². The molecule has 1 heterocycles. The first kappa shape index (κ1) is 26.4. The van der Waals surface area contributed by atoms with Gasteiger partial charge in [0.15, 0.2) is 11.4 Å². The van der Waals surface area contributed by atoms with E-state index in [0.717, 1.165) is 31.7 Å². The average molecular weight is 494 g/mol. The highest BCUT2D eigenvalue weighted by atomic mass is 19.1. The lowest BCUT2D eigenvalue weighted by molar-refractivity contribution is -0.133. The van der Waals surface area contributed by atoms with Crippen molar-refractivity contribution in [2.24, 2.45) is 5.73 Å². The molecule has 1 aliphatic heterocycles. The number of nitrogens with two attached hydrogens (primary N) is 1. The van der Waals surface area contributed by atoms with Crippen LogP contribution in [0.2, 0.25) is 0 Å². The Balaban J connectivity index is 1.44. The van der Waals surface area contributed by atoms with Crippen LogP contribution < -0.4 is 11.1 Å². The van der Waals surface area contributed by atoms with Gasteiger partial charge < -0.3 is 20.9 Å². The molecule has 2 aromatic carbocycles. The van der Waals surface area contributed by atoms with Crippen LogP contribution in [0.1, 0.15) is 30.4 Å². The third-order valence-electron chi connectivity index (χ3n) is 7.35. The lowest BCUT2D eigenvalue weighted by Crippen LogP contribution is -2.51. The van der Waals surface area contributed by atoms with Crippen molar-refractivity contribution in [3.63, 3.8) is 0 Å². The van der Waals surface area contributed by atoms with Crippen LogP contribution in [0.15, 0.2) is 78.9 Å². The highest BCUT2D eigenvalue weighted by Crippen LogP contribution is 2.36. The smallest absolute Gasteiger partial charge is 0.186 e. The maximum atomic E-state index is 13.5. The van der Waals surface area contributed by atoms with Gasteiger partial charge in [-0.3, -0.25) is 9.69 Å². The van der Waals surface area contributed by atoms with Crippen molar-refractivity contribution >= 4 is 5.78 Å². The number of piperazine rings is 1. The second-order valence-electron chi connectivity index (χ2n) is 9.81. The average Bonchev–Trinajstić information content (AvgIpc) is 2.90. The maximum Gasteiger partial charge on any atom is 0.186 e. The molecule has 192 valence electrons. The predicted molar refractivity (Wildman–Crippen MR) is 139 cm³/mol. The molecule has 7 heteroatoms. The Morgan fingerprint density at radius 3 is 2.28 bits per heavy atom. The lowest BCUT2D eigenvalue weighted by atomic mass is 9.78. The van der Waals surface area contributed by atoms with Gasteiger partial charge in [0, 0.05) is 33.3 Å². The van der Waals surface area contributed by atoms with E-state index < -0.39 is 16.7 Å². The Morgan fingerprint density at radius 1 is 1.06 bits per heavy atom. The van der Waals surface area contributed by atoms with E-state index in [4.69, 9.17) is 10.5 Å². The summed E-state index contributed by atoms with van der Waals surface area (Å²) in [5, 5.41) is 15.0. The number of halogens is 1. The molecule has 4 N–H and O–H groups in total. The van der Waals surface area contributed by atoms with Crippen molar-refractivity contribution in [1.82, 2.24) is 10.2 Å². The van der Waals surface area contributed by atoms with E-state index >= 15 is 0 Å². The Bertz CT molecular complexity index is 1070. The standard InChI is InChI=1S/C29H36FN3O3/c1-36-28(26(34)22-33-20-18-32-19-21-33)16-14-27(31,15-17-28)12-5-13-29(35,23-6-3-2-4-7-23)24-8-10-25(30)11-9-24/h2-4,6-11,14-17,32,35H,5,12-13,18-22,31H2,1H3. The van der Waals surface area contributed by atoms with Crippen LogP contribution in [-0.4, -0.2) is 66.8 Å². The number of carbonyl (C=O) groups excluding carboxylic acids is 1. The second-order valence-corrected chi connectivity index (χ2v) is 9.81. The molecule has 36 heavy (non-hydrogen) atoms. The SMILES string of the molecule is COC1(C(=O)CN2CCNCC2)C=CC(N)(CCCC(O)(c2ccccc2)c2ccc(F)cc2)C=C1. The lowest BCUT2D eigenvalue weighted by Gasteiger charge is -2.36. The van der Waals surface area contributed by atoms with Crippen molar-refractivity contribution in [1.29, 1.82) is 0 Å². The van der Waals surface area contributed by atoms with Gasteiger partial charge in [0.05, 0.1) is 12.1 Å². The van der Waals surface area contributed by atoms with Crippen molar-refractivity contribution < 1.29 is 19.0 Å². The molecular formula is C29H36FN3O3. The Morgan fingerprint density at radius 2 is 1.67 bits per heavy atom. The molecular weight excluding hydrogens is 457 g/mol. The molecule has 0 amide bonds. The number of hydrogen-bond acceptors (Lipinski definition) is 6. The van der Waals surface area contributed by atoms with Gasteiger partial charge in [-0.1, -0.05) is 54.6 Å². The molecule has 2 aliphatic rings. The largest absolute Gasteiger partial charge is 0.380 e. The fraction of sp³-hybridized carbons (Fsp3) is 0.414. The van der Waals surface area contributed by atoms with Gasteiger partial charge in [-0.05, 0) is 54.7 Å². The second kappa shape index (κ2) is 11.2. The molecule has 0 radical (unpaired) electrons. The van der Waals surface area contributed by atoms with Crippen LogP contribution in [0, 0.1) is 5.82 Å². The molecule has 1 fully saturated rings. The molecule has 6 nitrogen and oxygen atoms in total. The quantitative estimate of drug-likeness (QED) is 0.441. The van der Waals surface area contributed by atoms with Crippen LogP contribution in [0.3, 0.4) is 0 Å². The number of ether oxygens (including phenoxy) is 1. The summed E-state index contributed by atoms with van der Waals surface area (Å²) < 4.78 is 19.2. The van der Waals surface area contributed by atoms with Crippen molar-refractivity contribution in [2.45, 2.75) is 36.0 Å². The molecule has 2 aromatic rings. The van der Waals surface area contributed by atoms with E-state index in [1.54, 1.807) is 24.3 Å². The Hall–Kier alpha value is -2.68. The minimum Gasteiger partial charge on any atom is -0.380 e. The molecule has 1 unspecified atom stereocenters. The van der Waals surface area contributed by atoms with Crippen LogP contribution in [0.4, 0.5) is 4.39 Å². The third kappa shape index (κ3) is 5.82. The zero-order valence-corrected chi connectivity index (χ0v) is 20.8. The summed E-state index contributed by atoms with van der Waals surface area (Å²) in [5.41, 5.74) is 4.87. The number of methoxy groups -OCH3 is 1. The van der Waals surface area contributed by atoms with Gasteiger partial charge in [-0.2, -0.15) is 0 Å². The highest BCUT2D eigenvalue weighted by Gasteiger charge is 2.39. The van der Waals surface area contributed by atoms with Crippen molar-refractivity contribution in [3.8, 4) is 0 Å². The van der Waals surface area contributed by atoms with E-state index in [9.17, 15) is 14.3 Å². The van der Waals surface area contributed by atoms with Crippen molar-refractivity contribution in [3.05, 3.63) is 95.8 Å². The van der Waals surface area contributed by atoms with Gasteiger partial charge in [0.1, 0.15) is 11.4 Å². The summed E-state index contributed by atoms with van der Waals surface area (Å²) in [6, 6.07) is 15.4. The predicted octanol–water partition coefficient (Wildman–Crippen LogP) is 2.91. The van der Waals surface area contributed by atoms with Gasteiger partial charge in [0.2, 0.25) is 0 Å². The normalized spacial score (nSPS) is 26.0. The van der Waals surface area contributed by atoms with E-state index in [1.807, 2.05) is 42.5 Å². The number of nitrogens with one attached hydrogen (secondary N) is 1. The first-order valence-corrected chi connectivity index (χ1v) is 12.5. The summed E-state index contributed by atoms with van der Waals surface area (Å²) in [4.78, 5) is 15.3. The summed E-state index contributed by atoms with van der Waals surface area (Å²) in [6.45, 7) is 3.73. The Kier molecular flexibility index (Phi) is 8.17. The molecule has 4 rings (SSSR count). The van der Waals surface area contributed by atoms with E-state index in [2.05, 4.69) is 10.2 Å². The first-order chi connectivity index (χ1) is 17.3. The van der Waals surface area contributed by atoms with E-state index in [1.165, 1.54) is 19.2 Å². The number of rotatable bonds is 10. The number of nitrogens with zero attached hydrogens (tertiary/aromatic N) is 1. The number of aliphatic hydroxyl groups is 1. The number of carbonyl (C=O) groups is 1. The summed E-state index contributed by atoms with van der Waals surface area (Å²) >= 11 is 0. The van der Waals surface area contributed by atoms with Gasteiger partial charge >= 0.3 is 0 Å². The first-order valence-electron chi connectivity index (χ1n) is 12.5. The molecule has 1 aliphatic carbocycles. The Labute approximate surface area is 212 Å². The number of benzene rings is 2. The minimum atomic E-state index is -1.27. The van der Waals surface area contributed by atoms with E-state index in [0.29, 0.717) is 31.4 Å². The molecule has 1 saturated heterocycles. The number of ketones is 1. The molecule has 0 spiro atoms. The van der Waals surface area contributed by atoms with E-state index in [-0.39, 0.29) is 11.6 Å². The monoisotopic (exact) mass is 493 g/mol. The minimum absolute atomic E-state index is 0.0174. The molecule has 0 bridgehead atoms. The maximum absolute atomic E-state index is 13.5. The molecule has 0 aromatic heterocycles. The highest BCUT2D eigenvalue weighted by molar-refractivity contribution is 5.93. The summed E-state index contributed by atoms with van der Waals surface area (Å²) in [7, 11) is 1.54.